The van der Waals surface area contributed by atoms with Crippen LogP contribution in [0.1, 0.15) is 20.3 Å². The van der Waals surface area contributed by atoms with Gasteiger partial charge < -0.3 is 28.4 Å². The van der Waals surface area contributed by atoms with E-state index in [0.29, 0.717) is 33.0 Å². The van der Waals surface area contributed by atoms with Gasteiger partial charge in [0, 0.05) is 32.9 Å². The van der Waals surface area contributed by atoms with Crippen LogP contribution in [0.4, 0.5) is 0 Å². The fourth-order valence-corrected chi connectivity index (χ4v) is 4.60. The molecule has 0 heterocycles. The number of ether oxygens (including phenoxy) is 1. The molecule has 23 heavy (non-hydrogen) atoms. The number of aliphatic hydroxyl groups is 1. The normalized spacial score (nSPS) is 12.6. The minimum absolute atomic E-state index is 0.364. The van der Waals surface area contributed by atoms with Crippen LogP contribution in [-0.2, 0) is 18.4 Å². The molecule has 138 valence electrons. The summed E-state index contributed by atoms with van der Waals surface area (Å²) in [6.07, 6.45) is 2.26. The topological polar surface area (TPSA) is 68.2 Å². The van der Waals surface area contributed by atoms with Gasteiger partial charge in [-0.3, -0.25) is 0 Å². The molecule has 0 bridgehead atoms. The molecule has 6 nitrogen and oxygen atoms in total. The molecule has 1 N–H and O–H groups in total. The van der Waals surface area contributed by atoms with Crippen LogP contribution in [0.25, 0.3) is 0 Å². The SMILES string of the molecule is C=CCN(C)CC(O)COCCC[Si](C)(OCC)OCC.C=O. The van der Waals surface area contributed by atoms with Gasteiger partial charge in [0.25, 0.3) is 0 Å². The van der Waals surface area contributed by atoms with Crippen molar-refractivity contribution in [3.05, 3.63) is 12.7 Å². The van der Waals surface area contributed by atoms with E-state index < -0.39 is 14.7 Å². The van der Waals surface area contributed by atoms with Crippen molar-refractivity contribution in [2.24, 2.45) is 0 Å². The summed E-state index contributed by atoms with van der Waals surface area (Å²) in [6, 6.07) is 0.918. The van der Waals surface area contributed by atoms with Crippen LogP contribution >= 0.6 is 0 Å². The van der Waals surface area contributed by atoms with Crippen LogP contribution in [0, 0.1) is 0 Å². The van der Waals surface area contributed by atoms with Gasteiger partial charge >= 0.3 is 8.56 Å². The van der Waals surface area contributed by atoms with E-state index in [4.69, 9.17) is 18.4 Å². The van der Waals surface area contributed by atoms with Crippen molar-refractivity contribution in [1.82, 2.24) is 4.90 Å². The minimum Gasteiger partial charge on any atom is -0.395 e. The van der Waals surface area contributed by atoms with Crippen molar-refractivity contribution in [3.63, 3.8) is 0 Å². The Bertz CT molecular complexity index is 275. The molecular formula is C16H35NO5Si. The fourth-order valence-electron chi connectivity index (χ4n) is 2.22. The Hall–Kier alpha value is -0.573. The second-order valence-corrected chi connectivity index (χ2v) is 8.69. The molecule has 0 saturated heterocycles. The monoisotopic (exact) mass is 349 g/mol. The summed E-state index contributed by atoms with van der Waals surface area (Å²) in [5.74, 6) is 0. The average molecular weight is 350 g/mol. The number of hydrogen-bond acceptors (Lipinski definition) is 6. The van der Waals surface area contributed by atoms with Gasteiger partial charge in [-0.25, -0.2) is 0 Å². The van der Waals surface area contributed by atoms with E-state index in [1.807, 2.05) is 38.7 Å². The van der Waals surface area contributed by atoms with E-state index in [0.717, 1.165) is 19.0 Å². The van der Waals surface area contributed by atoms with Crippen LogP contribution < -0.4 is 0 Å². The summed E-state index contributed by atoms with van der Waals surface area (Å²) in [7, 11) is -0.0748. The lowest BCUT2D eigenvalue weighted by molar-refractivity contribution is -0.0980. The van der Waals surface area contributed by atoms with Gasteiger partial charge in [0.15, 0.2) is 0 Å². The Balaban J connectivity index is 0. The quantitative estimate of drug-likeness (QED) is 0.293. The second kappa shape index (κ2) is 16.3. The highest BCUT2D eigenvalue weighted by Gasteiger charge is 2.29. The van der Waals surface area contributed by atoms with E-state index in [1.165, 1.54) is 0 Å². The van der Waals surface area contributed by atoms with Crippen molar-refractivity contribution in [2.75, 3.05) is 46.6 Å². The number of rotatable bonds is 14. The lowest BCUT2D eigenvalue weighted by atomic mass is 10.3. The first-order valence-electron chi connectivity index (χ1n) is 8.09. The van der Waals surface area contributed by atoms with Crippen molar-refractivity contribution < 1.29 is 23.5 Å². The van der Waals surface area contributed by atoms with Gasteiger partial charge in [-0.15, -0.1) is 6.58 Å². The largest absolute Gasteiger partial charge is 0.395 e. The highest BCUT2D eigenvalue weighted by atomic mass is 28.4. The van der Waals surface area contributed by atoms with Crippen molar-refractivity contribution >= 4 is 15.3 Å². The maximum absolute atomic E-state index is 9.83. The van der Waals surface area contributed by atoms with E-state index in [-0.39, 0.29) is 0 Å². The van der Waals surface area contributed by atoms with Crippen LogP contribution in [0.3, 0.4) is 0 Å². The van der Waals surface area contributed by atoms with Gasteiger partial charge in [0.1, 0.15) is 6.79 Å². The Kier molecular flexibility index (Phi) is 17.5. The van der Waals surface area contributed by atoms with E-state index in [2.05, 4.69) is 13.1 Å². The first kappa shape index (κ1) is 24.7. The molecule has 0 radical (unpaired) electrons. The summed E-state index contributed by atoms with van der Waals surface area (Å²) >= 11 is 0. The first-order chi connectivity index (χ1) is 11.0. The molecule has 0 aromatic heterocycles. The lowest BCUT2D eigenvalue weighted by Crippen LogP contribution is -2.39. The molecule has 0 aliphatic carbocycles. The van der Waals surface area contributed by atoms with Gasteiger partial charge in [0.05, 0.1) is 12.7 Å². The highest BCUT2D eigenvalue weighted by Crippen LogP contribution is 2.15. The molecular weight excluding hydrogens is 314 g/mol. The Morgan fingerprint density at radius 2 is 1.83 bits per heavy atom. The molecule has 0 spiro atoms. The molecule has 0 aromatic rings. The van der Waals surface area contributed by atoms with E-state index in [9.17, 15) is 5.11 Å². The molecule has 0 fully saturated rings. The maximum atomic E-state index is 9.83. The van der Waals surface area contributed by atoms with Crippen molar-refractivity contribution in [1.29, 1.82) is 0 Å². The number of carbonyl (C=O) groups excluding carboxylic acids is 1. The molecule has 0 aliphatic rings. The van der Waals surface area contributed by atoms with Crippen molar-refractivity contribution in [3.8, 4) is 0 Å². The molecule has 0 rings (SSSR count). The zero-order chi connectivity index (χ0) is 18.1. The Morgan fingerprint density at radius 3 is 2.30 bits per heavy atom. The van der Waals surface area contributed by atoms with Gasteiger partial charge in [-0.05, 0) is 39.9 Å². The number of nitrogens with zero attached hydrogens (tertiary/aromatic N) is 1. The summed E-state index contributed by atoms with van der Waals surface area (Å²) in [6.45, 7) is 15.5. The average Bonchev–Trinajstić information content (AvgIpc) is 2.49. The van der Waals surface area contributed by atoms with Gasteiger partial charge in [0.2, 0.25) is 0 Å². The molecule has 0 aliphatic heterocycles. The summed E-state index contributed by atoms with van der Waals surface area (Å²) < 4.78 is 17.1. The fraction of sp³-hybridized carbons (Fsp3) is 0.812. The summed E-state index contributed by atoms with van der Waals surface area (Å²) in [5, 5.41) is 9.83. The van der Waals surface area contributed by atoms with Crippen LogP contribution in [0.2, 0.25) is 12.6 Å². The number of carbonyl (C=O) groups is 1. The third kappa shape index (κ3) is 14.7. The molecule has 1 unspecified atom stereocenters. The van der Waals surface area contributed by atoms with Gasteiger partial charge in [-0.2, -0.15) is 0 Å². The number of hydrogen-bond donors (Lipinski definition) is 1. The Labute approximate surface area is 142 Å². The highest BCUT2D eigenvalue weighted by molar-refractivity contribution is 6.66. The molecule has 7 heteroatoms. The van der Waals surface area contributed by atoms with Crippen LogP contribution in [0.5, 0.6) is 0 Å². The van der Waals surface area contributed by atoms with Crippen LogP contribution in [-0.4, -0.2) is 78.0 Å². The standard InChI is InChI=1S/C15H33NO4Si.CH2O/c1-6-10-16(4)13-15(17)14-18-11-9-12-21(5,19-7-2)20-8-3;1-2/h6,15,17H,1,7-14H2,2-5H3;1H2. The third-order valence-corrected chi connectivity index (χ3v) is 6.15. The lowest BCUT2D eigenvalue weighted by Gasteiger charge is -2.26. The zero-order valence-electron chi connectivity index (χ0n) is 15.3. The zero-order valence-corrected chi connectivity index (χ0v) is 16.3. The van der Waals surface area contributed by atoms with E-state index in [1.54, 1.807) is 0 Å². The number of aliphatic hydroxyl groups excluding tert-OH is 1. The van der Waals surface area contributed by atoms with E-state index >= 15 is 0 Å². The molecule has 0 amide bonds. The predicted octanol–water partition coefficient (Wildman–Crippen LogP) is 1.83. The summed E-state index contributed by atoms with van der Waals surface area (Å²) in [5.41, 5.74) is 0. The first-order valence-corrected chi connectivity index (χ1v) is 10.6. The molecule has 0 saturated carbocycles. The smallest absolute Gasteiger partial charge is 0.334 e. The third-order valence-electron chi connectivity index (χ3n) is 3.09. The minimum atomic E-state index is -2.03. The van der Waals surface area contributed by atoms with Crippen molar-refractivity contribution in [2.45, 2.75) is 39.0 Å². The Morgan fingerprint density at radius 1 is 1.26 bits per heavy atom. The molecule has 0 aromatic carbocycles. The predicted molar refractivity (Wildman–Crippen MR) is 95.9 cm³/mol. The maximum Gasteiger partial charge on any atom is 0.334 e. The molecule has 1 atom stereocenters. The van der Waals surface area contributed by atoms with Gasteiger partial charge in [-0.1, -0.05) is 6.08 Å². The van der Waals surface area contributed by atoms with Crippen LogP contribution in [0.15, 0.2) is 12.7 Å². The second-order valence-electron chi connectivity index (χ2n) is 5.34. The summed E-state index contributed by atoms with van der Waals surface area (Å²) in [4.78, 5) is 10.0. The number of likely N-dealkylation sites (N-methyl/N-ethyl adjacent to an activating group) is 1.